The number of nitrogens with one attached hydrogen (secondary N) is 1. The number of rotatable bonds is 5. The van der Waals surface area contributed by atoms with E-state index in [1.807, 2.05) is 6.07 Å². The molecule has 0 bridgehead atoms. The summed E-state index contributed by atoms with van der Waals surface area (Å²) in [5, 5.41) is 5.20. The molecule has 1 fully saturated rings. The van der Waals surface area contributed by atoms with E-state index in [4.69, 9.17) is 23.2 Å². The first-order chi connectivity index (χ1) is 10.0. The van der Waals surface area contributed by atoms with Gasteiger partial charge in [-0.05, 0) is 67.3 Å². The number of benzene rings is 1. The Morgan fingerprint density at radius 3 is 2.33 bits per heavy atom. The molecule has 1 nitrogen and oxygen atoms in total. The van der Waals surface area contributed by atoms with E-state index in [1.54, 1.807) is 0 Å². The molecule has 0 spiro atoms. The molecule has 1 aliphatic rings. The second-order valence-electron chi connectivity index (χ2n) is 6.66. The summed E-state index contributed by atoms with van der Waals surface area (Å²) in [5.41, 5.74) is 1.24. The summed E-state index contributed by atoms with van der Waals surface area (Å²) < 4.78 is 0. The summed E-state index contributed by atoms with van der Waals surface area (Å²) in [6.07, 6.45) is 5.04. The molecule has 1 saturated carbocycles. The molecule has 4 atom stereocenters. The molecule has 0 aliphatic heterocycles. The summed E-state index contributed by atoms with van der Waals surface area (Å²) in [6, 6.07) is 6.33. The van der Waals surface area contributed by atoms with Gasteiger partial charge in [0.15, 0.2) is 0 Å². The van der Waals surface area contributed by atoms with Gasteiger partial charge in [-0.2, -0.15) is 0 Å². The average Bonchev–Trinajstić information content (AvgIpc) is 2.42. The fraction of sp³-hybridized carbons (Fsp3) is 0.667. The van der Waals surface area contributed by atoms with Crippen LogP contribution in [0.4, 0.5) is 0 Å². The molecule has 21 heavy (non-hydrogen) atoms. The Kier molecular flexibility index (Phi) is 6.40. The monoisotopic (exact) mass is 327 g/mol. The van der Waals surface area contributed by atoms with Gasteiger partial charge in [-0.3, -0.25) is 0 Å². The molecule has 1 aliphatic carbocycles. The van der Waals surface area contributed by atoms with E-state index in [9.17, 15) is 0 Å². The lowest BCUT2D eigenvalue weighted by molar-refractivity contribution is 0.171. The third-order valence-corrected chi connectivity index (χ3v) is 5.40. The Labute approximate surface area is 139 Å². The Morgan fingerprint density at radius 2 is 1.76 bits per heavy atom. The van der Waals surface area contributed by atoms with Gasteiger partial charge in [-0.15, -0.1) is 0 Å². The average molecular weight is 328 g/mol. The molecule has 3 heteroatoms. The molecule has 1 N–H and O–H groups in total. The van der Waals surface area contributed by atoms with E-state index < -0.39 is 0 Å². The van der Waals surface area contributed by atoms with Crippen molar-refractivity contribution in [3.63, 3.8) is 0 Å². The Morgan fingerprint density at radius 1 is 1.10 bits per heavy atom. The SMILES string of the molecule is CCCNC(c1cc(Cl)cc(Cl)c1)C1CCC(C)C(C)C1. The van der Waals surface area contributed by atoms with Crippen LogP contribution in [0.15, 0.2) is 18.2 Å². The standard InChI is InChI=1S/C18H27Cl2N/c1-4-7-21-18(14-6-5-12(2)13(3)8-14)15-9-16(19)11-17(20)10-15/h9-14,18,21H,4-8H2,1-3H3. The molecule has 4 unspecified atom stereocenters. The van der Waals surface area contributed by atoms with Crippen molar-refractivity contribution in [2.75, 3.05) is 6.54 Å². The van der Waals surface area contributed by atoms with E-state index in [0.29, 0.717) is 12.0 Å². The molecule has 0 saturated heterocycles. The van der Waals surface area contributed by atoms with Crippen molar-refractivity contribution in [1.29, 1.82) is 0 Å². The Bertz CT molecular complexity index is 440. The minimum atomic E-state index is 0.371. The first-order valence-corrected chi connectivity index (χ1v) is 8.96. The van der Waals surface area contributed by atoms with E-state index >= 15 is 0 Å². The van der Waals surface area contributed by atoms with Crippen molar-refractivity contribution in [2.45, 2.75) is 52.5 Å². The van der Waals surface area contributed by atoms with Crippen LogP contribution < -0.4 is 5.32 Å². The van der Waals surface area contributed by atoms with Gasteiger partial charge in [0.25, 0.3) is 0 Å². The number of hydrogen-bond acceptors (Lipinski definition) is 1. The summed E-state index contributed by atoms with van der Waals surface area (Å²) in [7, 11) is 0. The zero-order valence-corrected chi connectivity index (χ0v) is 14.8. The Hall–Kier alpha value is -0.240. The van der Waals surface area contributed by atoms with Crippen LogP contribution in [0.3, 0.4) is 0 Å². The molecule has 0 radical (unpaired) electrons. The summed E-state index contributed by atoms with van der Waals surface area (Å²) in [4.78, 5) is 0. The quantitative estimate of drug-likeness (QED) is 0.688. The van der Waals surface area contributed by atoms with Gasteiger partial charge in [0.05, 0.1) is 0 Å². The fourth-order valence-electron chi connectivity index (χ4n) is 3.50. The maximum Gasteiger partial charge on any atom is 0.0424 e. The Balaban J connectivity index is 2.21. The van der Waals surface area contributed by atoms with Crippen molar-refractivity contribution < 1.29 is 0 Å². The van der Waals surface area contributed by atoms with Crippen LogP contribution in [0.5, 0.6) is 0 Å². The smallest absolute Gasteiger partial charge is 0.0424 e. The molecule has 0 aromatic heterocycles. The summed E-state index contributed by atoms with van der Waals surface area (Å²) in [5.74, 6) is 2.32. The minimum Gasteiger partial charge on any atom is -0.310 e. The summed E-state index contributed by atoms with van der Waals surface area (Å²) in [6.45, 7) is 8.01. The zero-order valence-electron chi connectivity index (χ0n) is 13.3. The van der Waals surface area contributed by atoms with Gasteiger partial charge >= 0.3 is 0 Å². The van der Waals surface area contributed by atoms with Gasteiger partial charge in [0.2, 0.25) is 0 Å². The van der Waals surface area contributed by atoms with Crippen LogP contribution in [-0.2, 0) is 0 Å². The first-order valence-electron chi connectivity index (χ1n) is 8.20. The molecule has 2 rings (SSSR count). The second-order valence-corrected chi connectivity index (χ2v) is 7.54. The highest BCUT2D eigenvalue weighted by atomic mass is 35.5. The molecule has 1 aromatic rings. The van der Waals surface area contributed by atoms with E-state index in [-0.39, 0.29) is 0 Å². The number of halogens is 2. The van der Waals surface area contributed by atoms with Crippen molar-refractivity contribution in [2.24, 2.45) is 17.8 Å². The van der Waals surface area contributed by atoms with Gasteiger partial charge in [0, 0.05) is 16.1 Å². The van der Waals surface area contributed by atoms with Crippen molar-refractivity contribution >= 4 is 23.2 Å². The van der Waals surface area contributed by atoms with E-state index in [1.165, 1.54) is 24.8 Å². The first kappa shape index (κ1) is 17.1. The van der Waals surface area contributed by atoms with Crippen molar-refractivity contribution in [3.05, 3.63) is 33.8 Å². The van der Waals surface area contributed by atoms with Crippen molar-refractivity contribution in [3.8, 4) is 0 Å². The van der Waals surface area contributed by atoms with Crippen LogP contribution in [0.25, 0.3) is 0 Å². The molecule has 0 heterocycles. The van der Waals surface area contributed by atoms with Crippen LogP contribution in [0, 0.1) is 17.8 Å². The van der Waals surface area contributed by atoms with Crippen LogP contribution in [-0.4, -0.2) is 6.54 Å². The fourth-order valence-corrected chi connectivity index (χ4v) is 4.05. The highest BCUT2D eigenvalue weighted by Gasteiger charge is 2.30. The van der Waals surface area contributed by atoms with Crippen LogP contribution >= 0.6 is 23.2 Å². The largest absolute Gasteiger partial charge is 0.310 e. The second kappa shape index (κ2) is 7.85. The third-order valence-electron chi connectivity index (χ3n) is 4.97. The molecule has 1 aromatic carbocycles. The number of hydrogen-bond donors (Lipinski definition) is 1. The normalized spacial score (nSPS) is 27.6. The maximum atomic E-state index is 6.21. The topological polar surface area (TPSA) is 12.0 Å². The molecular formula is C18H27Cl2N. The minimum absolute atomic E-state index is 0.371. The lowest BCUT2D eigenvalue weighted by Gasteiger charge is -2.37. The van der Waals surface area contributed by atoms with E-state index in [2.05, 4.69) is 38.2 Å². The molecular weight excluding hydrogens is 301 g/mol. The summed E-state index contributed by atoms with van der Waals surface area (Å²) >= 11 is 12.4. The molecule has 0 amide bonds. The zero-order chi connectivity index (χ0) is 15.4. The van der Waals surface area contributed by atoms with Crippen LogP contribution in [0.2, 0.25) is 10.0 Å². The van der Waals surface area contributed by atoms with Gasteiger partial charge in [-0.25, -0.2) is 0 Å². The lowest BCUT2D eigenvalue weighted by Crippen LogP contribution is -2.33. The van der Waals surface area contributed by atoms with Gasteiger partial charge < -0.3 is 5.32 Å². The third kappa shape index (κ3) is 4.61. The predicted molar refractivity (Wildman–Crippen MR) is 93.2 cm³/mol. The van der Waals surface area contributed by atoms with E-state index in [0.717, 1.165) is 34.8 Å². The molecule has 118 valence electrons. The van der Waals surface area contributed by atoms with Crippen LogP contribution in [0.1, 0.15) is 58.1 Å². The van der Waals surface area contributed by atoms with Gasteiger partial charge in [0.1, 0.15) is 0 Å². The lowest BCUT2D eigenvalue weighted by atomic mass is 9.72. The van der Waals surface area contributed by atoms with Crippen molar-refractivity contribution in [1.82, 2.24) is 5.32 Å². The highest BCUT2D eigenvalue weighted by molar-refractivity contribution is 6.34. The highest BCUT2D eigenvalue weighted by Crippen LogP contribution is 2.40. The van der Waals surface area contributed by atoms with Gasteiger partial charge in [-0.1, -0.05) is 50.4 Å². The predicted octanol–water partition coefficient (Wildman–Crippen LogP) is 6.11. The maximum absolute atomic E-state index is 6.21.